The minimum Gasteiger partial charge on any atom is -0.481 e. The molecule has 0 unspecified atom stereocenters. The summed E-state index contributed by atoms with van der Waals surface area (Å²) in [5, 5.41) is 9.57. The van der Waals surface area contributed by atoms with Crippen molar-refractivity contribution in [1.29, 1.82) is 0 Å². The number of aliphatic carboxylic acids is 1. The molecule has 7 heteroatoms. The number of hydrogen-bond acceptors (Lipinski definition) is 5. The number of carbonyl (C=O) groups is 1. The van der Waals surface area contributed by atoms with Crippen molar-refractivity contribution in [2.45, 2.75) is 30.5 Å². The van der Waals surface area contributed by atoms with E-state index in [1.165, 1.54) is 18.2 Å². The molecule has 0 spiro atoms. The molecule has 1 fully saturated rings. The van der Waals surface area contributed by atoms with Crippen LogP contribution in [0.1, 0.15) is 25.3 Å². The molecule has 0 amide bonds. The van der Waals surface area contributed by atoms with Gasteiger partial charge in [0.25, 0.3) is 0 Å². The van der Waals surface area contributed by atoms with Gasteiger partial charge in [-0.05, 0) is 25.3 Å². The Kier molecular flexibility index (Phi) is 3.52. The fourth-order valence-corrected chi connectivity index (χ4v) is 3.04. The molecule has 20 heavy (non-hydrogen) atoms. The van der Waals surface area contributed by atoms with Gasteiger partial charge in [-0.1, -0.05) is 11.8 Å². The van der Waals surface area contributed by atoms with Crippen LogP contribution in [0.3, 0.4) is 0 Å². The fourth-order valence-electron chi connectivity index (χ4n) is 2.25. The monoisotopic (exact) mass is 293 g/mol. The number of nitrogens with zero attached hydrogens (tertiary/aromatic N) is 3. The lowest BCUT2D eigenvalue weighted by Crippen LogP contribution is -2.18. The van der Waals surface area contributed by atoms with Gasteiger partial charge < -0.3 is 14.4 Å². The molecule has 1 aliphatic rings. The van der Waals surface area contributed by atoms with Crippen molar-refractivity contribution in [3.8, 4) is 5.88 Å². The normalized spacial score (nSPS) is 15.2. The van der Waals surface area contributed by atoms with Crippen molar-refractivity contribution in [3.05, 3.63) is 12.1 Å². The molecular weight excluding hydrogens is 278 g/mol. The molecule has 1 N–H and O–H groups in total. The SMILES string of the molecule is COc1ccc2nc(SCC(=O)O)n(C3CCC3)c2n1. The average Bonchev–Trinajstić information content (AvgIpc) is 2.72. The van der Waals surface area contributed by atoms with Crippen molar-refractivity contribution in [1.82, 2.24) is 14.5 Å². The third kappa shape index (κ3) is 2.33. The lowest BCUT2D eigenvalue weighted by molar-refractivity contribution is -0.133. The number of aromatic nitrogens is 3. The molecule has 0 atom stereocenters. The van der Waals surface area contributed by atoms with E-state index in [-0.39, 0.29) is 5.75 Å². The summed E-state index contributed by atoms with van der Waals surface area (Å²) in [5.41, 5.74) is 1.56. The molecule has 2 aromatic heterocycles. The largest absolute Gasteiger partial charge is 0.481 e. The predicted molar refractivity (Wildman–Crippen MR) is 75.3 cm³/mol. The summed E-state index contributed by atoms with van der Waals surface area (Å²) in [6, 6.07) is 4.00. The molecule has 0 saturated heterocycles. The second-order valence-electron chi connectivity index (χ2n) is 4.73. The van der Waals surface area contributed by atoms with Crippen molar-refractivity contribution in [2.75, 3.05) is 12.9 Å². The lowest BCUT2D eigenvalue weighted by atomic mass is 9.93. The molecule has 0 aromatic carbocycles. The number of rotatable bonds is 5. The number of carboxylic acids is 1. The van der Waals surface area contributed by atoms with E-state index in [1.807, 2.05) is 6.07 Å². The van der Waals surface area contributed by atoms with Crippen molar-refractivity contribution in [3.63, 3.8) is 0 Å². The second kappa shape index (κ2) is 5.32. The first-order valence-corrected chi connectivity index (χ1v) is 7.45. The molecule has 6 nitrogen and oxygen atoms in total. The molecule has 2 heterocycles. The number of thioether (sulfide) groups is 1. The van der Waals surface area contributed by atoms with Gasteiger partial charge in [0.05, 0.1) is 12.9 Å². The molecule has 0 radical (unpaired) electrons. The second-order valence-corrected chi connectivity index (χ2v) is 5.67. The molecule has 0 aliphatic heterocycles. The highest BCUT2D eigenvalue weighted by molar-refractivity contribution is 7.99. The summed E-state index contributed by atoms with van der Waals surface area (Å²) in [7, 11) is 1.58. The zero-order valence-corrected chi connectivity index (χ0v) is 11.9. The highest BCUT2D eigenvalue weighted by atomic mass is 32.2. The Labute approximate surface area is 120 Å². The minimum absolute atomic E-state index is 0.00712. The van der Waals surface area contributed by atoms with E-state index in [0.717, 1.165) is 29.2 Å². The van der Waals surface area contributed by atoms with E-state index in [4.69, 9.17) is 9.84 Å². The Bertz CT molecular complexity index is 652. The number of methoxy groups -OCH3 is 1. The van der Waals surface area contributed by atoms with Gasteiger partial charge in [0, 0.05) is 12.1 Å². The van der Waals surface area contributed by atoms with Gasteiger partial charge in [0.1, 0.15) is 5.52 Å². The highest BCUT2D eigenvalue weighted by Crippen LogP contribution is 2.38. The molecule has 2 aromatic rings. The van der Waals surface area contributed by atoms with Crippen LogP contribution in [0.15, 0.2) is 17.3 Å². The molecule has 106 valence electrons. The maximum absolute atomic E-state index is 10.8. The zero-order valence-electron chi connectivity index (χ0n) is 11.1. The van der Waals surface area contributed by atoms with Crippen LogP contribution < -0.4 is 4.74 Å². The summed E-state index contributed by atoms with van der Waals surface area (Å²) in [5.74, 6) is -0.284. The third-order valence-corrected chi connectivity index (χ3v) is 4.39. The summed E-state index contributed by atoms with van der Waals surface area (Å²) >= 11 is 1.24. The van der Waals surface area contributed by atoms with Crippen LogP contribution in [0.4, 0.5) is 0 Å². The van der Waals surface area contributed by atoms with Gasteiger partial charge in [0.15, 0.2) is 10.8 Å². The van der Waals surface area contributed by atoms with E-state index in [9.17, 15) is 4.79 Å². The first kappa shape index (κ1) is 13.2. The first-order valence-electron chi connectivity index (χ1n) is 6.46. The topological polar surface area (TPSA) is 77.2 Å². The Morgan fingerprint density at radius 1 is 1.50 bits per heavy atom. The maximum Gasteiger partial charge on any atom is 0.313 e. The van der Waals surface area contributed by atoms with E-state index in [0.29, 0.717) is 11.9 Å². The molecule has 3 rings (SSSR count). The first-order chi connectivity index (χ1) is 9.69. The molecule has 1 aliphatic carbocycles. The van der Waals surface area contributed by atoms with Crippen LogP contribution in [0.25, 0.3) is 11.2 Å². The van der Waals surface area contributed by atoms with Gasteiger partial charge in [-0.25, -0.2) is 4.98 Å². The molecular formula is C13H15N3O3S. The standard InChI is InChI=1S/C13H15N3O3S/c1-19-10-6-5-9-12(15-10)16(8-3-2-4-8)13(14-9)20-7-11(17)18/h5-6,8H,2-4,7H2,1H3,(H,17,18). The number of fused-ring (bicyclic) bond motifs is 1. The number of carboxylic acid groups (broad SMARTS) is 1. The van der Waals surface area contributed by atoms with Crippen molar-refractivity contribution in [2.24, 2.45) is 0 Å². The maximum atomic E-state index is 10.8. The van der Waals surface area contributed by atoms with Crippen LogP contribution in [0.2, 0.25) is 0 Å². The van der Waals surface area contributed by atoms with Crippen LogP contribution in [0.5, 0.6) is 5.88 Å². The summed E-state index contributed by atoms with van der Waals surface area (Å²) in [6.45, 7) is 0. The van der Waals surface area contributed by atoms with E-state index in [2.05, 4.69) is 14.5 Å². The Morgan fingerprint density at radius 2 is 2.30 bits per heavy atom. The Balaban J connectivity index is 2.05. The van der Waals surface area contributed by atoms with Gasteiger partial charge in [-0.3, -0.25) is 4.79 Å². The molecule has 0 bridgehead atoms. The minimum atomic E-state index is -0.840. The Morgan fingerprint density at radius 3 is 2.90 bits per heavy atom. The highest BCUT2D eigenvalue weighted by Gasteiger charge is 2.26. The molecule has 1 saturated carbocycles. The van der Waals surface area contributed by atoms with Gasteiger partial charge in [-0.15, -0.1) is 0 Å². The third-order valence-electron chi connectivity index (χ3n) is 3.45. The van der Waals surface area contributed by atoms with E-state index >= 15 is 0 Å². The zero-order chi connectivity index (χ0) is 14.1. The van der Waals surface area contributed by atoms with Crippen molar-refractivity contribution < 1.29 is 14.6 Å². The smallest absolute Gasteiger partial charge is 0.313 e. The number of ether oxygens (including phenoxy) is 1. The number of imidazole rings is 1. The van der Waals surface area contributed by atoms with Crippen molar-refractivity contribution >= 4 is 28.9 Å². The van der Waals surface area contributed by atoms with Gasteiger partial charge in [-0.2, -0.15) is 4.98 Å². The number of pyridine rings is 1. The van der Waals surface area contributed by atoms with Crippen LogP contribution in [-0.4, -0.2) is 38.5 Å². The summed E-state index contributed by atoms with van der Waals surface area (Å²) < 4.78 is 7.23. The van der Waals surface area contributed by atoms with E-state index < -0.39 is 5.97 Å². The average molecular weight is 293 g/mol. The van der Waals surface area contributed by atoms with Crippen LogP contribution >= 0.6 is 11.8 Å². The quantitative estimate of drug-likeness (QED) is 0.853. The Hall–Kier alpha value is -1.76. The van der Waals surface area contributed by atoms with Crippen LogP contribution in [-0.2, 0) is 4.79 Å². The fraction of sp³-hybridized carbons (Fsp3) is 0.462. The van der Waals surface area contributed by atoms with Gasteiger partial charge in [0.2, 0.25) is 5.88 Å². The lowest BCUT2D eigenvalue weighted by Gasteiger charge is -2.28. The summed E-state index contributed by atoms with van der Waals surface area (Å²) in [4.78, 5) is 19.7. The van der Waals surface area contributed by atoms with Crippen LogP contribution in [0, 0.1) is 0 Å². The summed E-state index contributed by atoms with van der Waals surface area (Å²) in [6.07, 6.45) is 3.37. The number of hydrogen-bond donors (Lipinski definition) is 1. The van der Waals surface area contributed by atoms with Gasteiger partial charge >= 0.3 is 5.97 Å². The predicted octanol–water partition coefficient (Wildman–Crippen LogP) is 2.34. The van der Waals surface area contributed by atoms with E-state index in [1.54, 1.807) is 13.2 Å².